The van der Waals surface area contributed by atoms with Crippen LogP contribution in [-0.4, -0.2) is 63.2 Å². The minimum Gasteiger partial charge on any atom is -0.394 e. The Morgan fingerprint density at radius 1 is 1.37 bits per heavy atom. The minimum atomic E-state index is -1.28. The molecule has 1 aliphatic carbocycles. The number of aromatic nitrogens is 2. The zero-order valence-electron chi connectivity index (χ0n) is 15.9. The van der Waals surface area contributed by atoms with Crippen molar-refractivity contribution < 1.29 is 19.7 Å². The van der Waals surface area contributed by atoms with Gasteiger partial charge in [0.15, 0.2) is 21.9 Å². The van der Waals surface area contributed by atoms with E-state index in [2.05, 4.69) is 22.2 Å². The number of nitrogens with one attached hydrogen (secondary N) is 1. The van der Waals surface area contributed by atoms with Gasteiger partial charge in [0, 0.05) is 12.2 Å². The lowest BCUT2D eigenvalue weighted by Gasteiger charge is -2.28. The summed E-state index contributed by atoms with van der Waals surface area (Å²) in [6.45, 7) is 5.46. The summed E-state index contributed by atoms with van der Waals surface area (Å²) in [6, 6.07) is -0.183. The number of aliphatic hydroxyl groups is 2. The van der Waals surface area contributed by atoms with Crippen LogP contribution in [0.3, 0.4) is 0 Å². The predicted octanol–water partition coefficient (Wildman–Crippen LogP) is 2.28. The first-order valence-corrected chi connectivity index (χ1v) is 10.4. The van der Waals surface area contributed by atoms with Gasteiger partial charge in [0.2, 0.25) is 0 Å². The first-order valence-electron chi connectivity index (χ1n) is 9.08. The molecule has 1 aromatic heterocycles. The number of anilines is 2. The summed E-state index contributed by atoms with van der Waals surface area (Å²) in [5.74, 6) is 0.0451. The molecule has 0 saturated heterocycles. The Bertz CT molecular complexity index is 617. The molecule has 5 N–H and O–H groups in total. The lowest BCUT2D eigenvalue weighted by atomic mass is 10.2. The van der Waals surface area contributed by atoms with E-state index in [1.165, 1.54) is 11.8 Å². The Hall–Kier alpha value is -0.840. The molecule has 1 heterocycles. The Kier molecular flexibility index (Phi) is 8.39. The summed E-state index contributed by atoms with van der Waals surface area (Å²) in [5.41, 5.74) is 6.34. The molecule has 0 spiro atoms. The van der Waals surface area contributed by atoms with Gasteiger partial charge in [-0.2, -0.15) is 0 Å². The van der Waals surface area contributed by atoms with Gasteiger partial charge < -0.3 is 30.7 Å². The third-order valence-corrected chi connectivity index (χ3v) is 5.32. The van der Waals surface area contributed by atoms with Crippen LogP contribution in [-0.2, 0) is 9.47 Å². The van der Waals surface area contributed by atoms with Crippen LogP contribution >= 0.6 is 23.4 Å². The Balaban J connectivity index is 2.17. The average molecular weight is 421 g/mol. The lowest BCUT2D eigenvalue weighted by molar-refractivity contribution is -0.206. The predicted molar refractivity (Wildman–Crippen MR) is 107 cm³/mol. The van der Waals surface area contributed by atoms with E-state index in [0.29, 0.717) is 23.8 Å². The van der Waals surface area contributed by atoms with Crippen molar-refractivity contribution in [2.75, 3.05) is 30.0 Å². The summed E-state index contributed by atoms with van der Waals surface area (Å²) >= 11 is 7.68. The number of ether oxygens (including phenoxy) is 2. The molecule has 1 aliphatic rings. The number of aliphatic hydroxyl groups excluding tert-OH is 1. The summed E-state index contributed by atoms with van der Waals surface area (Å²) in [7, 11) is 0. The van der Waals surface area contributed by atoms with E-state index in [9.17, 15) is 5.11 Å². The van der Waals surface area contributed by atoms with Gasteiger partial charge in [0.25, 0.3) is 0 Å². The fourth-order valence-electron chi connectivity index (χ4n) is 2.93. The number of thioether (sulfide) groups is 1. The highest BCUT2D eigenvalue weighted by molar-refractivity contribution is 7.99. The Morgan fingerprint density at radius 2 is 2.11 bits per heavy atom. The van der Waals surface area contributed by atoms with Gasteiger partial charge in [0.1, 0.15) is 5.69 Å². The topological polar surface area (TPSA) is 123 Å². The summed E-state index contributed by atoms with van der Waals surface area (Å²) < 4.78 is 11.4. The van der Waals surface area contributed by atoms with Crippen molar-refractivity contribution in [2.45, 2.75) is 69.2 Å². The average Bonchev–Trinajstić information content (AvgIpc) is 2.95. The van der Waals surface area contributed by atoms with Crippen molar-refractivity contribution >= 4 is 34.9 Å². The van der Waals surface area contributed by atoms with E-state index in [1.807, 2.05) is 0 Å². The molecule has 8 nitrogen and oxygen atoms in total. The molecule has 1 saturated carbocycles. The van der Waals surface area contributed by atoms with Crippen LogP contribution in [0.25, 0.3) is 0 Å². The summed E-state index contributed by atoms with van der Waals surface area (Å²) in [5, 5.41) is 23.1. The molecule has 3 atom stereocenters. The number of rotatable bonds is 10. The number of nitrogen functional groups attached to an aromatic ring is 1. The second kappa shape index (κ2) is 10.1. The molecule has 1 aromatic rings. The molecule has 0 aliphatic heterocycles. The molecular weight excluding hydrogens is 392 g/mol. The number of nitrogens with zero attached hydrogens (tertiary/aromatic N) is 2. The summed E-state index contributed by atoms with van der Waals surface area (Å²) in [6.07, 6.45) is 1.78. The molecule has 1 fully saturated rings. The molecule has 0 aromatic carbocycles. The van der Waals surface area contributed by atoms with Gasteiger partial charge in [-0.15, -0.1) is 0 Å². The molecule has 0 bridgehead atoms. The number of hydrogen-bond acceptors (Lipinski definition) is 9. The fraction of sp³-hybridized carbons (Fsp3) is 0.765. The lowest BCUT2D eigenvalue weighted by Crippen LogP contribution is -2.38. The molecule has 27 heavy (non-hydrogen) atoms. The van der Waals surface area contributed by atoms with Crippen LogP contribution in [0.1, 0.15) is 40.0 Å². The van der Waals surface area contributed by atoms with Crippen molar-refractivity contribution in [1.29, 1.82) is 0 Å². The van der Waals surface area contributed by atoms with Crippen molar-refractivity contribution in [1.82, 2.24) is 9.97 Å². The monoisotopic (exact) mass is 420 g/mol. The van der Waals surface area contributed by atoms with Crippen molar-refractivity contribution in [3.05, 3.63) is 5.15 Å². The molecule has 154 valence electrons. The zero-order chi connectivity index (χ0) is 20.0. The zero-order valence-corrected chi connectivity index (χ0v) is 17.5. The van der Waals surface area contributed by atoms with Gasteiger partial charge >= 0.3 is 0 Å². The normalized spacial score (nSPS) is 23.0. The number of nitrogens with two attached hydrogens (primary N) is 1. The summed E-state index contributed by atoms with van der Waals surface area (Å²) in [4.78, 5) is 8.69. The van der Waals surface area contributed by atoms with Gasteiger partial charge in [-0.3, -0.25) is 0 Å². The van der Waals surface area contributed by atoms with Gasteiger partial charge in [-0.25, -0.2) is 9.97 Å². The molecule has 2 rings (SSSR count). The minimum absolute atomic E-state index is 0.0436. The maximum absolute atomic E-state index is 10.1. The highest BCUT2D eigenvalue weighted by atomic mass is 35.5. The third-order valence-electron chi connectivity index (χ3n) is 3.98. The second-order valence-electron chi connectivity index (χ2n) is 6.95. The maximum atomic E-state index is 10.1. The molecule has 10 heteroatoms. The molecule has 0 radical (unpaired) electrons. The van der Waals surface area contributed by atoms with Crippen molar-refractivity contribution in [3.63, 3.8) is 0 Å². The largest absolute Gasteiger partial charge is 0.394 e. The van der Waals surface area contributed by atoms with E-state index in [0.717, 1.165) is 12.2 Å². The van der Waals surface area contributed by atoms with Crippen LogP contribution in [0.5, 0.6) is 0 Å². The second-order valence-corrected chi connectivity index (χ2v) is 8.37. The highest BCUT2D eigenvalue weighted by Gasteiger charge is 2.39. The van der Waals surface area contributed by atoms with Crippen LogP contribution < -0.4 is 11.1 Å². The van der Waals surface area contributed by atoms with E-state index in [4.69, 9.17) is 31.9 Å². The highest BCUT2D eigenvalue weighted by Crippen LogP contribution is 2.33. The molecule has 3 unspecified atom stereocenters. The standard InChI is InChI=1S/C17H29ClN4O4S/c1-4-7-27-16-21-14(18)13(19)15(22-16)20-11-8-10(25-6-5-23)9-12(11)26-17(2,3)24/h10-12,23-24H,4-9,19H2,1-3H3,(H,20,21,22). The number of hydrogen-bond donors (Lipinski definition) is 4. The third kappa shape index (κ3) is 6.92. The Labute approximate surface area is 169 Å². The molecule has 0 amide bonds. The van der Waals surface area contributed by atoms with E-state index in [1.54, 1.807) is 13.8 Å². The van der Waals surface area contributed by atoms with E-state index >= 15 is 0 Å². The first kappa shape index (κ1) is 22.4. The SMILES string of the molecule is CCCSc1nc(Cl)c(N)c(NC2CC(OCCO)CC2OC(C)(C)O)n1. The quantitative estimate of drug-likeness (QED) is 0.195. The van der Waals surface area contributed by atoms with Crippen molar-refractivity contribution in [3.8, 4) is 0 Å². The van der Waals surface area contributed by atoms with Gasteiger partial charge in [-0.1, -0.05) is 30.3 Å². The van der Waals surface area contributed by atoms with Gasteiger partial charge in [0.05, 0.1) is 31.5 Å². The number of halogens is 1. The van der Waals surface area contributed by atoms with Crippen LogP contribution in [0.2, 0.25) is 5.15 Å². The maximum Gasteiger partial charge on any atom is 0.191 e. The molecular formula is C17H29ClN4O4S. The van der Waals surface area contributed by atoms with Crippen LogP contribution in [0.4, 0.5) is 11.5 Å². The van der Waals surface area contributed by atoms with Crippen LogP contribution in [0, 0.1) is 0 Å². The van der Waals surface area contributed by atoms with Gasteiger partial charge in [-0.05, 0) is 26.7 Å². The fourth-order valence-corrected chi connectivity index (χ4v) is 3.85. The smallest absolute Gasteiger partial charge is 0.191 e. The van der Waals surface area contributed by atoms with Crippen molar-refractivity contribution in [2.24, 2.45) is 0 Å². The van der Waals surface area contributed by atoms with E-state index in [-0.39, 0.29) is 42.3 Å². The Morgan fingerprint density at radius 3 is 2.74 bits per heavy atom. The first-order chi connectivity index (χ1) is 12.7. The van der Waals surface area contributed by atoms with E-state index < -0.39 is 5.79 Å². The van der Waals surface area contributed by atoms with Crippen LogP contribution in [0.15, 0.2) is 5.16 Å².